The largest absolute Gasteiger partial charge is 0.468 e. The third kappa shape index (κ3) is 2.46. The van der Waals surface area contributed by atoms with Gasteiger partial charge in [0.15, 0.2) is 5.78 Å². The molecule has 2 aromatic rings. The van der Waals surface area contributed by atoms with E-state index in [1.165, 1.54) is 19.1 Å². The molecule has 0 saturated heterocycles. The summed E-state index contributed by atoms with van der Waals surface area (Å²) in [6, 6.07) is 0.258. The Balaban J connectivity index is 1.63. The molecule has 2 aliphatic carbocycles. The number of rotatable bonds is 4. The first-order valence-corrected chi connectivity index (χ1v) is 8.55. The molecule has 0 unspecified atom stereocenters. The zero-order valence-corrected chi connectivity index (χ0v) is 14.0. The fourth-order valence-electron chi connectivity index (χ4n) is 3.46. The maximum Gasteiger partial charge on any atom is 0.260 e. The first kappa shape index (κ1) is 15.2. The monoisotopic (exact) mass is 327 g/mol. The summed E-state index contributed by atoms with van der Waals surface area (Å²) in [7, 11) is 0. The Kier molecular flexibility index (Phi) is 3.55. The molecular formula is C18H21N3O3. The lowest BCUT2D eigenvalue weighted by Crippen LogP contribution is -2.21. The number of anilines is 1. The van der Waals surface area contributed by atoms with Crippen LogP contribution in [-0.4, -0.2) is 21.5 Å². The third-order valence-electron chi connectivity index (χ3n) is 5.10. The van der Waals surface area contributed by atoms with Crippen LogP contribution in [0.4, 0.5) is 5.82 Å². The van der Waals surface area contributed by atoms with Crippen LogP contribution >= 0.6 is 0 Å². The molecule has 126 valence electrons. The normalized spacial score (nSPS) is 18.3. The minimum atomic E-state index is -0.303. The first-order chi connectivity index (χ1) is 11.6. The number of carbonyl (C=O) groups is 2. The average molecular weight is 327 g/mol. The summed E-state index contributed by atoms with van der Waals surface area (Å²) in [4.78, 5) is 24.9. The van der Waals surface area contributed by atoms with Gasteiger partial charge in [0.1, 0.15) is 17.8 Å². The molecule has 0 bridgehead atoms. The zero-order chi connectivity index (χ0) is 16.8. The van der Waals surface area contributed by atoms with Crippen molar-refractivity contribution in [2.45, 2.75) is 52.0 Å². The van der Waals surface area contributed by atoms with Crippen molar-refractivity contribution < 1.29 is 14.0 Å². The van der Waals surface area contributed by atoms with Crippen molar-refractivity contribution in [3.05, 3.63) is 34.9 Å². The molecule has 1 saturated carbocycles. The topological polar surface area (TPSA) is 77.1 Å². The SMILES string of the molecule is Cc1cnn([C@@H](C)C2CC2)c1NC(=O)c1coc2c1C(=O)CCC2. The number of aromatic nitrogens is 2. The number of fused-ring (bicyclic) bond motifs is 1. The summed E-state index contributed by atoms with van der Waals surface area (Å²) >= 11 is 0. The molecule has 4 rings (SSSR count). The van der Waals surface area contributed by atoms with Gasteiger partial charge in [-0.3, -0.25) is 9.59 Å². The molecule has 1 N–H and O–H groups in total. The maximum absolute atomic E-state index is 12.7. The highest BCUT2D eigenvalue weighted by atomic mass is 16.3. The lowest BCUT2D eigenvalue weighted by Gasteiger charge is -2.16. The van der Waals surface area contributed by atoms with Crippen LogP contribution in [0.1, 0.15) is 70.7 Å². The van der Waals surface area contributed by atoms with Crippen LogP contribution in [0.3, 0.4) is 0 Å². The molecule has 2 aliphatic rings. The summed E-state index contributed by atoms with van der Waals surface area (Å²) in [6.45, 7) is 4.05. The zero-order valence-electron chi connectivity index (χ0n) is 14.0. The van der Waals surface area contributed by atoms with Gasteiger partial charge in [0.2, 0.25) is 0 Å². The number of aryl methyl sites for hydroxylation is 2. The fraction of sp³-hybridized carbons (Fsp3) is 0.500. The van der Waals surface area contributed by atoms with E-state index >= 15 is 0 Å². The Bertz CT molecular complexity index is 814. The van der Waals surface area contributed by atoms with Gasteiger partial charge in [-0.1, -0.05) is 0 Å². The van der Waals surface area contributed by atoms with E-state index in [1.54, 1.807) is 6.20 Å². The Hall–Kier alpha value is -2.37. The Morgan fingerprint density at radius 1 is 1.42 bits per heavy atom. The summed E-state index contributed by atoms with van der Waals surface area (Å²) in [5, 5.41) is 7.37. The standard InChI is InChI=1S/C18H21N3O3/c1-10-8-19-21(11(2)12-6-7-12)17(10)20-18(23)13-9-24-15-5-3-4-14(22)16(13)15/h8-9,11-12H,3-7H2,1-2H3,(H,20,23)/t11-/m0/s1. The minimum Gasteiger partial charge on any atom is -0.468 e. The molecule has 2 heterocycles. The molecule has 0 spiro atoms. The quantitative estimate of drug-likeness (QED) is 0.932. The summed E-state index contributed by atoms with van der Waals surface area (Å²) in [5.74, 6) is 1.66. The van der Waals surface area contributed by atoms with Crippen LogP contribution < -0.4 is 5.32 Å². The van der Waals surface area contributed by atoms with E-state index in [9.17, 15) is 9.59 Å². The van der Waals surface area contributed by atoms with Crippen LogP contribution in [0.15, 0.2) is 16.9 Å². The van der Waals surface area contributed by atoms with Crippen LogP contribution in [0, 0.1) is 12.8 Å². The van der Waals surface area contributed by atoms with Gasteiger partial charge in [-0.15, -0.1) is 0 Å². The number of ketones is 1. The smallest absolute Gasteiger partial charge is 0.260 e. The number of nitrogens with one attached hydrogen (secondary N) is 1. The van der Waals surface area contributed by atoms with Crippen LogP contribution in [-0.2, 0) is 6.42 Å². The molecule has 6 heteroatoms. The second-order valence-corrected chi connectivity index (χ2v) is 6.88. The highest BCUT2D eigenvalue weighted by Gasteiger charge is 2.32. The average Bonchev–Trinajstić information content (AvgIpc) is 3.22. The number of hydrogen-bond acceptors (Lipinski definition) is 4. The van der Waals surface area contributed by atoms with E-state index in [2.05, 4.69) is 17.3 Å². The van der Waals surface area contributed by atoms with Gasteiger partial charge in [0.05, 0.1) is 23.4 Å². The Labute approximate surface area is 140 Å². The van der Waals surface area contributed by atoms with Crippen LogP contribution in [0.2, 0.25) is 0 Å². The first-order valence-electron chi connectivity index (χ1n) is 8.55. The molecule has 2 aromatic heterocycles. The Morgan fingerprint density at radius 2 is 2.21 bits per heavy atom. The van der Waals surface area contributed by atoms with Gasteiger partial charge in [-0.05, 0) is 39.0 Å². The minimum absolute atomic E-state index is 0.00766. The van der Waals surface area contributed by atoms with Gasteiger partial charge in [0.25, 0.3) is 5.91 Å². The van der Waals surface area contributed by atoms with Crippen molar-refractivity contribution in [1.82, 2.24) is 9.78 Å². The number of hydrogen-bond donors (Lipinski definition) is 1. The van der Waals surface area contributed by atoms with E-state index in [4.69, 9.17) is 4.42 Å². The van der Waals surface area contributed by atoms with Gasteiger partial charge in [0, 0.05) is 18.4 Å². The molecule has 6 nitrogen and oxygen atoms in total. The highest BCUT2D eigenvalue weighted by molar-refractivity contribution is 6.13. The number of nitrogens with zero attached hydrogens (tertiary/aromatic N) is 2. The van der Waals surface area contributed by atoms with E-state index in [0.717, 1.165) is 12.0 Å². The van der Waals surface area contributed by atoms with E-state index in [-0.39, 0.29) is 17.7 Å². The van der Waals surface area contributed by atoms with Crippen molar-refractivity contribution in [3.63, 3.8) is 0 Å². The second-order valence-electron chi connectivity index (χ2n) is 6.88. The predicted molar refractivity (Wildman–Crippen MR) is 88.3 cm³/mol. The summed E-state index contributed by atoms with van der Waals surface area (Å²) in [6.07, 6.45) is 7.56. The predicted octanol–water partition coefficient (Wildman–Crippen LogP) is 3.53. The lowest BCUT2D eigenvalue weighted by atomic mass is 9.94. The fourth-order valence-corrected chi connectivity index (χ4v) is 3.46. The maximum atomic E-state index is 12.7. The second kappa shape index (κ2) is 5.61. The van der Waals surface area contributed by atoms with E-state index < -0.39 is 0 Å². The Morgan fingerprint density at radius 3 is 2.96 bits per heavy atom. The van der Waals surface area contributed by atoms with E-state index in [1.807, 2.05) is 11.6 Å². The molecular weight excluding hydrogens is 306 g/mol. The van der Waals surface area contributed by atoms with Crippen LogP contribution in [0.25, 0.3) is 0 Å². The molecule has 1 fully saturated rings. The van der Waals surface area contributed by atoms with Crippen molar-refractivity contribution in [3.8, 4) is 0 Å². The molecule has 0 radical (unpaired) electrons. The number of furan rings is 1. The molecule has 24 heavy (non-hydrogen) atoms. The molecule has 1 amide bonds. The summed E-state index contributed by atoms with van der Waals surface area (Å²) in [5.41, 5.74) is 1.71. The highest BCUT2D eigenvalue weighted by Crippen LogP contribution is 2.40. The number of carbonyl (C=O) groups excluding carboxylic acids is 2. The van der Waals surface area contributed by atoms with Crippen molar-refractivity contribution in [2.24, 2.45) is 5.92 Å². The molecule has 0 aliphatic heterocycles. The van der Waals surface area contributed by atoms with Crippen molar-refractivity contribution in [1.29, 1.82) is 0 Å². The third-order valence-corrected chi connectivity index (χ3v) is 5.10. The van der Waals surface area contributed by atoms with Gasteiger partial charge >= 0.3 is 0 Å². The van der Waals surface area contributed by atoms with Gasteiger partial charge in [-0.2, -0.15) is 5.10 Å². The number of Topliss-reactive ketones (excluding diaryl/α,β-unsaturated/α-hetero) is 1. The van der Waals surface area contributed by atoms with Crippen molar-refractivity contribution >= 4 is 17.5 Å². The lowest BCUT2D eigenvalue weighted by molar-refractivity contribution is 0.0955. The molecule has 1 atom stereocenters. The number of amides is 1. The van der Waals surface area contributed by atoms with Gasteiger partial charge < -0.3 is 9.73 Å². The van der Waals surface area contributed by atoms with E-state index in [0.29, 0.717) is 41.5 Å². The molecule has 0 aromatic carbocycles. The van der Waals surface area contributed by atoms with Gasteiger partial charge in [-0.25, -0.2) is 4.68 Å². The summed E-state index contributed by atoms with van der Waals surface area (Å²) < 4.78 is 7.34. The van der Waals surface area contributed by atoms with Crippen LogP contribution in [0.5, 0.6) is 0 Å². The van der Waals surface area contributed by atoms with Crippen molar-refractivity contribution in [2.75, 3.05) is 5.32 Å².